The van der Waals surface area contributed by atoms with Crippen LogP contribution in [0.4, 0.5) is 8.78 Å². The van der Waals surface area contributed by atoms with Gasteiger partial charge in [0.15, 0.2) is 11.6 Å². The van der Waals surface area contributed by atoms with E-state index in [2.05, 4.69) is 6.92 Å². The number of hydrogen-bond acceptors (Lipinski definition) is 2. The van der Waals surface area contributed by atoms with Crippen LogP contribution >= 0.6 is 0 Å². The Morgan fingerprint density at radius 1 is 1.35 bits per heavy atom. The second-order valence-electron chi connectivity index (χ2n) is 6.25. The van der Waals surface area contributed by atoms with Gasteiger partial charge in [-0.2, -0.15) is 0 Å². The number of rotatable bonds is 3. The van der Waals surface area contributed by atoms with Crippen molar-refractivity contribution in [3.63, 3.8) is 0 Å². The molecule has 0 bridgehead atoms. The molecule has 1 aliphatic rings. The van der Waals surface area contributed by atoms with E-state index < -0.39 is 23.3 Å². The summed E-state index contributed by atoms with van der Waals surface area (Å²) in [5.74, 6) is -1.36. The van der Waals surface area contributed by atoms with Crippen LogP contribution in [0.5, 0.6) is 0 Å². The summed E-state index contributed by atoms with van der Waals surface area (Å²) in [5.41, 5.74) is -0.459. The number of halogens is 2. The molecule has 3 unspecified atom stereocenters. The lowest BCUT2D eigenvalue weighted by Crippen LogP contribution is -2.52. The summed E-state index contributed by atoms with van der Waals surface area (Å²) < 4.78 is 27.4. The first-order valence-corrected chi connectivity index (χ1v) is 7.18. The molecule has 2 rings (SSSR count). The van der Waals surface area contributed by atoms with E-state index in [0.29, 0.717) is 5.92 Å². The minimum Gasteiger partial charge on any atom is -0.386 e. The molecule has 1 fully saturated rings. The Hall–Kier alpha value is -1.00. The third kappa shape index (κ3) is 2.59. The Bertz CT molecular complexity index is 478. The fraction of sp³-hybridized carbons (Fsp3) is 0.625. The van der Waals surface area contributed by atoms with Gasteiger partial charge >= 0.3 is 0 Å². The largest absolute Gasteiger partial charge is 0.386 e. The topological polar surface area (TPSA) is 23.5 Å². The minimum absolute atomic E-state index is 0.0628. The summed E-state index contributed by atoms with van der Waals surface area (Å²) in [6, 6.07) is 4.01. The van der Waals surface area contributed by atoms with Gasteiger partial charge in [-0.05, 0) is 38.9 Å². The highest BCUT2D eigenvalue weighted by Crippen LogP contribution is 2.44. The van der Waals surface area contributed by atoms with Crippen molar-refractivity contribution >= 4 is 0 Å². The highest BCUT2D eigenvalue weighted by molar-refractivity contribution is 5.25. The van der Waals surface area contributed by atoms with Crippen molar-refractivity contribution in [2.45, 2.75) is 44.2 Å². The predicted octanol–water partition coefficient (Wildman–Crippen LogP) is 3.51. The van der Waals surface area contributed by atoms with Gasteiger partial charge in [0.05, 0.1) is 5.54 Å². The second kappa shape index (κ2) is 5.78. The molecule has 1 N–H and O–H groups in total. The van der Waals surface area contributed by atoms with Crippen LogP contribution in [0.25, 0.3) is 0 Å². The van der Waals surface area contributed by atoms with Gasteiger partial charge in [0.25, 0.3) is 0 Å². The molecule has 3 atom stereocenters. The molecule has 0 radical (unpaired) electrons. The zero-order chi connectivity index (χ0) is 14.9. The quantitative estimate of drug-likeness (QED) is 0.917. The summed E-state index contributed by atoms with van der Waals surface area (Å²) >= 11 is 0. The van der Waals surface area contributed by atoms with Gasteiger partial charge in [-0.25, -0.2) is 8.78 Å². The monoisotopic (exact) mass is 283 g/mol. The van der Waals surface area contributed by atoms with E-state index in [1.807, 2.05) is 19.0 Å². The molecule has 1 saturated carbocycles. The number of aliphatic hydroxyl groups is 1. The molecule has 0 saturated heterocycles. The van der Waals surface area contributed by atoms with E-state index in [9.17, 15) is 13.9 Å². The maximum absolute atomic E-state index is 14.0. The highest BCUT2D eigenvalue weighted by atomic mass is 19.2. The van der Waals surface area contributed by atoms with Gasteiger partial charge in [0, 0.05) is 5.56 Å². The Morgan fingerprint density at radius 3 is 2.65 bits per heavy atom. The van der Waals surface area contributed by atoms with Gasteiger partial charge in [-0.3, -0.25) is 0 Å². The van der Waals surface area contributed by atoms with E-state index in [0.717, 1.165) is 31.7 Å². The summed E-state index contributed by atoms with van der Waals surface area (Å²) in [6.45, 7) is 2.14. The molecular formula is C16H23F2NO. The third-order valence-electron chi connectivity index (χ3n) is 4.68. The number of nitrogens with zero attached hydrogens (tertiary/aromatic N) is 1. The molecule has 112 valence electrons. The van der Waals surface area contributed by atoms with Crippen molar-refractivity contribution in [1.29, 1.82) is 0 Å². The normalized spacial score (nSPS) is 28.6. The lowest BCUT2D eigenvalue weighted by atomic mass is 9.70. The van der Waals surface area contributed by atoms with Crippen LogP contribution < -0.4 is 0 Å². The summed E-state index contributed by atoms with van der Waals surface area (Å²) in [7, 11) is 3.80. The van der Waals surface area contributed by atoms with E-state index >= 15 is 0 Å². The number of likely N-dealkylation sites (N-methyl/N-ethyl adjacent to an activating group) is 1. The minimum atomic E-state index is -1.02. The highest BCUT2D eigenvalue weighted by Gasteiger charge is 2.44. The molecule has 4 heteroatoms. The Labute approximate surface area is 119 Å². The first-order chi connectivity index (χ1) is 9.38. The number of benzene rings is 1. The smallest absolute Gasteiger partial charge is 0.164 e. The van der Waals surface area contributed by atoms with E-state index in [1.54, 1.807) is 0 Å². The summed E-state index contributed by atoms with van der Waals surface area (Å²) in [4.78, 5) is 1.97. The maximum Gasteiger partial charge on any atom is 0.164 e. The Balaban J connectivity index is 2.41. The predicted molar refractivity (Wildman–Crippen MR) is 75.4 cm³/mol. The van der Waals surface area contributed by atoms with Crippen LogP contribution in [0.3, 0.4) is 0 Å². The van der Waals surface area contributed by atoms with Crippen molar-refractivity contribution in [3.8, 4) is 0 Å². The van der Waals surface area contributed by atoms with Gasteiger partial charge in [-0.15, -0.1) is 0 Å². The summed E-state index contributed by atoms with van der Waals surface area (Å²) in [5, 5.41) is 10.7. The fourth-order valence-electron chi connectivity index (χ4n) is 3.48. The zero-order valence-electron chi connectivity index (χ0n) is 12.4. The number of aliphatic hydroxyl groups excluding tert-OH is 1. The third-order valence-corrected chi connectivity index (χ3v) is 4.68. The van der Waals surface area contributed by atoms with Crippen LogP contribution in [-0.4, -0.2) is 29.6 Å². The van der Waals surface area contributed by atoms with Gasteiger partial charge in [0.1, 0.15) is 6.10 Å². The summed E-state index contributed by atoms with van der Waals surface area (Å²) in [6.07, 6.45) is 2.68. The van der Waals surface area contributed by atoms with Crippen molar-refractivity contribution < 1.29 is 13.9 Å². The first-order valence-electron chi connectivity index (χ1n) is 7.18. The molecule has 1 aliphatic carbocycles. The van der Waals surface area contributed by atoms with Crippen LogP contribution in [0.15, 0.2) is 18.2 Å². The van der Waals surface area contributed by atoms with Crippen LogP contribution in [0.2, 0.25) is 0 Å². The maximum atomic E-state index is 14.0. The molecule has 0 aromatic heterocycles. The number of hydrogen-bond donors (Lipinski definition) is 1. The molecule has 1 aromatic rings. The lowest BCUT2D eigenvalue weighted by molar-refractivity contribution is -0.0468. The Morgan fingerprint density at radius 2 is 2.05 bits per heavy atom. The van der Waals surface area contributed by atoms with Crippen molar-refractivity contribution in [3.05, 3.63) is 35.4 Å². The molecule has 0 heterocycles. The van der Waals surface area contributed by atoms with Crippen molar-refractivity contribution in [2.24, 2.45) is 5.92 Å². The van der Waals surface area contributed by atoms with Crippen LogP contribution in [0.1, 0.15) is 44.3 Å². The van der Waals surface area contributed by atoms with E-state index in [1.165, 1.54) is 12.1 Å². The van der Waals surface area contributed by atoms with Gasteiger partial charge < -0.3 is 10.0 Å². The van der Waals surface area contributed by atoms with E-state index in [4.69, 9.17) is 0 Å². The molecule has 0 spiro atoms. The SMILES string of the molecule is CC1CCCC(C(O)c2cccc(F)c2F)(N(C)C)C1. The second-order valence-corrected chi connectivity index (χ2v) is 6.25. The molecule has 1 aromatic carbocycles. The molecule has 0 aliphatic heterocycles. The van der Waals surface area contributed by atoms with Crippen molar-refractivity contribution in [1.82, 2.24) is 4.90 Å². The lowest BCUT2D eigenvalue weighted by Gasteiger charge is -2.48. The molecule has 2 nitrogen and oxygen atoms in total. The Kier molecular flexibility index (Phi) is 4.45. The van der Waals surface area contributed by atoms with Crippen LogP contribution in [-0.2, 0) is 0 Å². The van der Waals surface area contributed by atoms with E-state index in [-0.39, 0.29) is 5.56 Å². The average Bonchev–Trinajstić information content (AvgIpc) is 2.40. The first kappa shape index (κ1) is 15.4. The van der Waals surface area contributed by atoms with Gasteiger partial charge in [-0.1, -0.05) is 31.9 Å². The molecular weight excluding hydrogens is 260 g/mol. The molecule has 0 amide bonds. The standard InChI is InChI=1S/C16H23F2NO/c1-11-6-5-9-16(10-11,19(2)3)15(20)12-7-4-8-13(17)14(12)18/h4,7-8,11,15,20H,5-6,9-10H2,1-3H3. The van der Waals surface area contributed by atoms with Crippen molar-refractivity contribution in [2.75, 3.05) is 14.1 Å². The zero-order valence-corrected chi connectivity index (χ0v) is 12.4. The molecule has 20 heavy (non-hydrogen) atoms. The van der Waals surface area contributed by atoms with Gasteiger partial charge in [0.2, 0.25) is 0 Å². The van der Waals surface area contributed by atoms with Crippen LogP contribution in [0, 0.1) is 17.6 Å². The fourth-order valence-corrected chi connectivity index (χ4v) is 3.48. The average molecular weight is 283 g/mol.